The molecule has 0 N–H and O–H groups in total. The Kier molecular flexibility index (Phi) is 9.71. The van der Waals surface area contributed by atoms with Crippen molar-refractivity contribution in [3.63, 3.8) is 0 Å². The number of aromatic nitrogens is 2. The van der Waals surface area contributed by atoms with Gasteiger partial charge < -0.3 is 18.9 Å². The molecule has 11 heteroatoms. The number of sulfone groups is 1. The summed E-state index contributed by atoms with van der Waals surface area (Å²) in [7, 11) is -0.688. The van der Waals surface area contributed by atoms with Gasteiger partial charge in [-0.3, -0.25) is 4.79 Å². The number of benzene rings is 2. The summed E-state index contributed by atoms with van der Waals surface area (Å²) >= 11 is 12.2. The first-order valence-electron chi connectivity index (χ1n) is 10.8. The first-order valence-corrected chi connectivity index (χ1v) is 13.2. The minimum Gasteiger partial charge on any atom is -0.383 e. The van der Waals surface area contributed by atoms with Gasteiger partial charge >= 0.3 is 0 Å². The van der Waals surface area contributed by atoms with E-state index in [9.17, 15) is 13.2 Å². The molecule has 1 amide bonds. The highest BCUT2D eigenvalue weighted by Gasteiger charge is 2.26. The van der Waals surface area contributed by atoms with Crippen LogP contribution < -0.4 is 0 Å². The maximum absolute atomic E-state index is 13.3. The van der Waals surface area contributed by atoms with Gasteiger partial charge in [0.05, 0.1) is 48.0 Å². The van der Waals surface area contributed by atoms with E-state index in [2.05, 4.69) is 4.98 Å². The van der Waals surface area contributed by atoms with E-state index in [1.807, 2.05) is 6.07 Å². The lowest BCUT2D eigenvalue weighted by molar-refractivity contribution is 0.0674. The molecule has 8 nitrogen and oxygen atoms in total. The van der Waals surface area contributed by atoms with Crippen molar-refractivity contribution in [1.29, 1.82) is 0 Å². The van der Waals surface area contributed by atoms with Crippen LogP contribution in [0.4, 0.5) is 0 Å². The molecule has 0 unspecified atom stereocenters. The van der Waals surface area contributed by atoms with Crippen LogP contribution in [0.15, 0.2) is 59.9 Å². The number of hydrogen-bond acceptors (Lipinski definition) is 6. The molecule has 0 saturated heterocycles. The number of rotatable bonds is 12. The average Bonchev–Trinajstić information content (AvgIpc) is 3.23. The summed E-state index contributed by atoms with van der Waals surface area (Å²) in [5.74, 6) is -0.527. The number of methoxy groups -OCH3 is 2. The Morgan fingerprint density at radius 1 is 1.06 bits per heavy atom. The van der Waals surface area contributed by atoms with Crippen molar-refractivity contribution in [3.8, 4) is 0 Å². The predicted molar refractivity (Wildman–Crippen MR) is 135 cm³/mol. The highest BCUT2D eigenvalue weighted by Crippen LogP contribution is 2.24. The van der Waals surface area contributed by atoms with Crippen LogP contribution in [0.2, 0.25) is 10.0 Å². The molecule has 1 heterocycles. The molecule has 0 radical (unpaired) electrons. The lowest BCUT2D eigenvalue weighted by Crippen LogP contribution is -2.34. The molecule has 0 bridgehead atoms. The van der Waals surface area contributed by atoms with Gasteiger partial charge in [0.15, 0.2) is 0 Å². The van der Waals surface area contributed by atoms with Crippen LogP contribution in [0.25, 0.3) is 0 Å². The smallest absolute Gasteiger partial charge is 0.255 e. The first-order chi connectivity index (χ1) is 16.8. The SMILES string of the molecule is COCCN(Cc1cnc(S(=O)(=O)Cc2ccccc2)n1CCOC)C(=O)c1ccc(Cl)cc1Cl. The molecule has 0 saturated carbocycles. The van der Waals surface area contributed by atoms with Crippen LogP contribution >= 0.6 is 23.2 Å². The summed E-state index contributed by atoms with van der Waals surface area (Å²) in [6, 6.07) is 13.6. The van der Waals surface area contributed by atoms with Crippen LogP contribution in [-0.2, 0) is 38.2 Å². The largest absolute Gasteiger partial charge is 0.383 e. The van der Waals surface area contributed by atoms with Gasteiger partial charge in [-0.05, 0) is 23.8 Å². The Labute approximate surface area is 215 Å². The number of hydrogen-bond donors (Lipinski definition) is 0. The molecular weight excluding hydrogens is 513 g/mol. The zero-order valence-corrected chi connectivity index (χ0v) is 21.8. The van der Waals surface area contributed by atoms with Crippen molar-refractivity contribution in [2.75, 3.05) is 34.0 Å². The third-order valence-electron chi connectivity index (χ3n) is 5.27. The number of carbonyl (C=O) groups is 1. The lowest BCUT2D eigenvalue weighted by Gasteiger charge is -2.24. The standard InChI is InChI=1S/C24H27Cl2N3O5S/c1-33-12-10-28(23(30)21-9-8-19(25)14-22(21)26)16-20-15-27-24(29(20)11-13-34-2)35(31,32)17-18-6-4-3-5-7-18/h3-9,14-15H,10-13,16-17H2,1-2H3. The van der Waals surface area contributed by atoms with Crippen molar-refractivity contribution < 1.29 is 22.7 Å². The normalized spacial score (nSPS) is 11.5. The zero-order valence-electron chi connectivity index (χ0n) is 19.5. The average molecular weight is 540 g/mol. The molecule has 0 aliphatic rings. The van der Waals surface area contributed by atoms with Crippen molar-refractivity contribution in [3.05, 3.63) is 81.6 Å². The van der Waals surface area contributed by atoms with Crippen LogP contribution in [-0.4, -0.2) is 62.8 Å². The second-order valence-corrected chi connectivity index (χ2v) is 10.5. The van der Waals surface area contributed by atoms with Gasteiger partial charge in [0.1, 0.15) is 0 Å². The van der Waals surface area contributed by atoms with Gasteiger partial charge in [-0.2, -0.15) is 0 Å². The second-order valence-electron chi connectivity index (χ2n) is 7.76. The van der Waals surface area contributed by atoms with Crippen LogP contribution in [0.5, 0.6) is 0 Å². The van der Waals surface area contributed by atoms with E-state index >= 15 is 0 Å². The Balaban J connectivity index is 1.95. The van der Waals surface area contributed by atoms with Crippen LogP contribution in [0.1, 0.15) is 21.6 Å². The van der Waals surface area contributed by atoms with Gasteiger partial charge in [-0.1, -0.05) is 53.5 Å². The quantitative estimate of drug-likeness (QED) is 0.344. The maximum atomic E-state index is 13.3. The highest BCUT2D eigenvalue weighted by molar-refractivity contribution is 7.90. The van der Waals surface area contributed by atoms with E-state index in [1.54, 1.807) is 41.0 Å². The molecule has 188 valence electrons. The summed E-state index contributed by atoms with van der Waals surface area (Å²) in [5.41, 5.74) is 1.49. The van der Waals surface area contributed by atoms with Gasteiger partial charge in [0.2, 0.25) is 15.0 Å². The molecule has 1 aromatic heterocycles. The van der Waals surface area contributed by atoms with Crippen molar-refractivity contribution >= 4 is 38.9 Å². The fourth-order valence-electron chi connectivity index (χ4n) is 3.53. The Bertz CT molecular complexity index is 1250. The molecule has 0 aliphatic heterocycles. The molecular formula is C24H27Cl2N3O5S. The molecule has 3 rings (SSSR count). The molecule has 0 spiro atoms. The molecule has 0 fully saturated rings. The van der Waals surface area contributed by atoms with E-state index in [4.69, 9.17) is 32.7 Å². The fourth-order valence-corrected chi connectivity index (χ4v) is 5.54. The van der Waals surface area contributed by atoms with E-state index in [0.717, 1.165) is 0 Å². The van der Waals surface area contributed by atoms with Crippen LogP contribution in [0, 0.1) is 0 Å². The molecule has 2 aromatic carbocycles. The second kappa shape index (κ2) is 12.5. The van der Waals surface area contributed by atoms with Gasteiger partial charge in [-0.25, -0.2) is 13.4 Å². The summed E-state index contributed by atoms with van der Waals surface area (Å²) in [6.45, 7) is 1.16. The maximum Gasteiger partial charge on any atom is 0.255 e. The van der Waals surface area contributed by atoms with E-state index in [-0.39, 0.29) is 60.3 Å². The predicted octanol–water partition coefficient (Wildman–Crippen LogP) is 4.10. The molecule has 35 heavy (non-hydrogen) atoms. The number of carbonyl (C=O) groups excluding carboxylic acids is 1. The minimum absolute atomic E-state index is 0.0722. The summed E-state index contributed by atoms with van der Waals surface area (Å²) < 4.78 is 38.4. The third-order valence-corrected chi connectivity index (χ3v) is 7.41. The Morgan fingerprint density at radius 3 is 2.43 bits per heavy atom. The minimum atomic E-state index is -3.76. The highest BCUT2D eigenvalue weighted by atomic mass is 35.5. The van der Waals surface area contributed by atoms with Crippen molar-refractivity contribution in [2.45, 2.75) is 24.0 Å². The number of halogens is 2. The monoisotopic (exact) mass is 539 g/mol. The number of imidazole rings is 1. The molecule has 0 aliphatic carbocycles. The van der Waals surface area contributed by atoms with Crippen molar-refractivity contribution in [2.24, 2.45) is 0 Å². The Hall–Kier alpha value is -2.43. The molecule has 0 atom stereocenters. The van der Waals surface area contributed by atoms with Gasteiger partial charge in [0, 0.05) is 32.3 Å². The van der Waals surface area contributed by atoms with E-state index in [0.29, 0.717) is 16.3 Å². The summed E-state index contributed by atoms with van der Waals surface area (Å²) in [4.78, 5) is 19.1. The summed E-state index contributed by atoms with van der Waals surface area (Å²) in [5, 5.41) is 0.571. The number of nitrogens with zero attached hydrogens (tertiary/aromatic N) is 3. The number of amides is 1. The first kappa shape index (κ1) is 27.2. The van der Waals surface area contributed by atoms with E-state index in [1.165, 1.54) is 31.4 Å². The Morgan fingerprint density at radius 2 is 1.77 bits per heavy atom. The zero-order chi connectivity index (χ0) is 25.4. The topological polar surface area (TPSA) is 90.7 Å². The molecule has 3 aromatic rings. The van der Waals surface area contributed by atoms with E-state index < -0.39 is 9.84 Å². The number of ether oxygens (including phenoxy) is 2. The van der Waals surface area contributed by atoms with Crippen molar-refractivity contribution in [1.82, 2.24) is 14.5 Å². The van der Waals surface area contributed by atoms with Gasteiger partial charge in [-0.15, -0.1) is 0 Å². The van der Waals surface area contributed by atoms with Crippen LogP contribution in [0.3, 0.4) is 0 Å². The fraction of sp³-hybridized carbons (Fsp3) is 0.333. The summed E-state index contributed by atoms with van der Waals surface area (Å²) in [6.07, 6.45) is 1.48. The lowest BCUT2D eigenvalue weighted by atomic mass is 10.2. The third kappa shape index (κ3) is 7.05. The van der Waals surface area contributed by atoms with Gasteiger partial charge in [0.25, 0.3) is 5.91 Å².